The fraction of sp³-hybridized carbons (Fsp3) is 0.273. The molecule has 0 unspecified atom stereocenters. The van der Waals surface area contributed by atoms with Crippen LogP contribution in [0.5, 0.6) is 5.75 Å². The number of fused-ring (bicyclic) bond motifs is 2. The summed E-state index contributed by atoms with van der Waals surface area (Å²) in [5, 5.41) is 16.2. The highest BCUT2D eigenvalue weighted by molar-refractivity contribution is 6.08. The van der Waals surface area contributed by atoms with Crippen molar-refractivity contribution in [1.82, 2.24) is 24.7 Å². The van der Waals surface area contributed by atoms with E-state index in [0.717, 1.165) is 0 Å². The smallest absolute Gasteiger partial charge is 0.219 e. The van der Waals surface area contributed by atoms with Crippen molar-refractivity contribution < 1.29 is 23.4 Å². The number of nitrogens with one attached hydrogen (secondary N) is 1. The van der Waals surface area contributed by atoms with Crippen molar-refractivity contribution in [1.29, 1.82) is 0 Å². The van der Waals surface area contributed by atoms with E-state index in [-0.39, 0.29) is 36.1 Å². The molecule has 4 heterocycles. The number of aromatic amines is 1. The van der Waals surface area contributed by atoms with Crippen molar-refractivity contribution in [3.05, 3.63) is 59.7 Å². The highest BCUT2D eigenvalue weighted by Gasteiger charge is 2.30. The van der Waals surface area contributed by atoms with Crippen LogP contribution in [0.15, 0.2) is 36.8 Å². The number of rotatable bonds is 5. The third-order valence-corrected chi connectivity index (χ3v) is 5.48. The zero-order chi connectivity index (χ0) is 22.4. The summed E-state index contributed by atoms with van der Waals surface area (Å²) < 4.78 is 34.9. The van der Waals surface area contributed by atoms with Crippen molar-refractivity contribution in [2.45, 2.75) is 26.0 Å². The maximum Gasteiger partial charge on any atom is 0.219 e. The molecule has 2 atom stereocenters. The van der Waals surface area contributed by atoms with E-state index >= 15 is 0 Å². The lowest BCUT2D eigenvalue weighted by molar-refractivity contribution is 0.0856. The van der Waals surface area contributed by atoms with E-state index in [1.54, 1.807) is 23.8 Å². The minimum atomic E-state index is -0.703. The predicted octanol–water partition coefficient (Wildman–Crippen LogP) is 2.91. The van der Waals surface area contributed by atoms with Crippen LogP contribution in [0.3, 0.4) is 0 Å². The molecule has 1 aromatic carbocycles. The van der Waals surface area contributed by atoms with Gasteiger partial charge >= 0.3 is 0 Å². The van der Waals surface area contributed by atoms with Crippen molar-refractivity contribution in [2.75, 3.05) is 6.61 Å². The quantitative estimate of drug-likeness (QED) is 0.463. The van der Waals surface area contributed by atoms with Gasteiger partial charge in [-0.15, -0.1) is 0 Å². The number of hydrogen-bond donors (Lipinski definition) is 2. The second-order valence-electron chi connectivity index (χ2n) is 7.90. The number of hydrogen-bond acceptors (Lipinski definition) is 6. The summed E-state index contributed by atoms with van der Waals surface area (Å²) in [6.07, 6.45) is 4.00. The molecule has 5 rings (SSSR count). The molecule has 1 aliphatic heterocycles. The van der Waals surface area contributed by atoms with E-state index in [2.05, 4.69) is 20.2 Å². The Balaban J connectivity index is 1.55. The lowest BCUT2D eigenvalue weighted by atomic mass is 9.90. The molecule has 10 heteroatoms. The van der Waals surface area contributed by atoms with Gasteiger partial charge in [0.05, 0.1) is 30.4 Å². The molecule has 8 nitrogen and oxygen atoms in total. The summed E-state index contributed by atoms with van der Waals surface area (Å²) in [5.41, 5.74) is 1.50. The second-order valence-corrected chi connectivity index (χ2v) is 7.90. The molecule has 0 spiro atoms. The van der Waals surface area contributed by atoms with Gasteiger partial charge in [-0.1, -0.05) is 0 Å². The molecule has 1 aliphatic rings. The standard InChI is InChI=1S/C22H19F2N5O3/c1-11(30)8-29-9-17(15-6-25-21(27-22(15)29)16-7-26-28-20(16)24)19(31)13-4-12-5-14(23)2-3-18(12)32-10-13/h2-3,5-7,9,11,13,30H,4,8,10H2,1H3,(H,26,28)/t11-,13+/m1/s1. The molecular formula is C22H19F2N5O3. The van der Waals surface area contributed by atoms with Crippen LogP contribution in [0.2, 0.25) is 0 Å². The zero-order valence-corrected chi connectivity index (χ0v) is 17.0. The summed E-state index contributed by atoms with van der Waals surface area (Å²) in [6, 6.07) is 4.26. The number of aliphatic hydroxyl groups is 1. The molecule has 0 amide bonds. The van der Waals surface area contributed by atoms with Crippen LogP contribution in [0.4, 0.5) is 8.78 Å². The van der Waals surface area contributed by atoms with Gasteiger partial charge in [0.2, 0.25) is 5.95 Å². The van der Waals surface area contributed by atoms with Gasteiger partial charge in [-0.05, 0) is 37.1 Å². The highest BCUT2D eigenvalue weighted by Crippen LogP contribution is 2.32. The van der Waals surface area contributed by atoms with Gasteiger partial charge in [-0.2, -0.15) is 9.49 Å². The molecule has 0 fully saturated rings. The molecule has 0 radical (unpaired) electrons. The lowest BCUT2D eigenvalue weighted by Gasteiger charge is -2.24. The van der Waals surface area contributed by atoms with Crippen LogP contribution in [-0.4, -0.2) is 48.3 Å². The summed E-state index contributed by atoms with van der Waals surface area (Å²) >= 11 is 0. The van der Waals surface area contributed by atoms with Gasteiger partial charge in [-0.3, -0.25) is 9.89 Å². The Hall–Kier alpha value is -3.66. The Bertz CT molecular complexity index is 1330. The van der Waals surface area contributed by atoms with Gasteiger partial charge in [0.15, 0.2) is 11.6 Å². The second kappa shape index (κ2) is 7.79. The van der Waals surface area contributed by atoms with Crippen LogP contribution in [0, 0.1) is 17.7 Å². The minimum absolute atomic E-state index is 0.101. The number of benzene rings is 1. The number of halogens is 2. The molecular weight excluding hydrogens is 420 g/mol. The average molecular weight is 439 g/mol. The van der Waals surface area contributed by atoms with E-state index < -0.39 is 18.0 Å². The highest BCUT2D eigenvalue weighted by atomic mass is 19.1. The van der Waals surface area contributed by atoms with Crippen molar-refractivity contribution in [3.8, 4) is 17.1 Å². The van der Waals surface area contributed by atoms with E-state index in [9.17, 15) is 18.7 Å². The van der Waals surface area contributed by atoms with Gasteiger partial charge < -0.3 is 14.4 Å². The third kappa shape index (κ3) is 3.52. The number of carbonyl (C=O) groups is 1. The number of carbonyl (C=O) groups excluding carboxylic acids is 1. The number of nitrogens with zero attached hydrogens (tertiary/aromatic N) is 4. The number of aliphatic hydroxyl groups excluding tert-OH is 1. The fourth-order valence-corrected chi connectivity index (χ4v) is 4.00. The average Bonchev–Trinajstić information content (AvgIpc) is 3.35. The number of Topliss-reactive ketones (excluding diaryl/α,β-unsaturated/α-hetero) is 1. The van der Waals surface area contributed by atoms with Crippen LogP contribution >= 0.6 is 0 Å². The number of ketones is 1. The van der Waals surface area contributed by atoms with Crippen LogP contribution in [0.1, 0.15) is 22.8 Å². The Morgan fingerprint density at radius 3 is 2.97 bits per heavy atom. The molecule has 0 saturated heterocycles. The van der Waals surface area contributed by atoms with Gasteiger partial charge in [0, 0.05) is 29.9 Å². The van der Waals surface area contributed by atoms with E-state index in [1.807, 2.05) is 0 Å². The Morgan fingerprint density at radius 1 is 1.38 bits per heavy atom. The van der Waals surface area contributed by atoms with E-state index in [1.165, 1.54) is 24.5 Å². The minimum Gasteiger partial charge on any atom is -0.493 e. The summed E-state index contributed by atoms with van der Waals surface area (Å²) in [4.78, 5) is 22.0. The van der Waals surface area contributed by atoms with E-state index in [4.69, 9.17) is 4.74 Å². The van der Waals surface area contributed by atoms with Crippen molar-refractivity contribution in [3.63, 3.8) is 0 Å². The van der Waals surface area contributed by atoms with E-state index in [0.29, 0.717) is 34.3 Å². The van der Waals surface area contributed by atoms with Crippen LogP contribution < -0.4 is 4.74 Å². The summed E-state index contributed by atoms with van der Waals surface area (Å²) in [5.74, 6) is -1.08. The first-order valence-electron chi connectivity index (χ1n) is 10.1. The first-order valence-corrected chi connectivity index (χ1v) is 10.1. The molecule has 32 heavy (non-hydrogen) atoms. The Labute approximate surface area is 180 Å². The SMILES string of the molecule is C[C@@H](O)Cn1cc(C(=O)[C@@H]2COc3ccc(F)cc3C2)c2cnc(-c3cn[nH]c3F)nc21. The summed E-state index contributed by atoms with van der Waals surface area (Å²) in [7, 11) is 0. The number of H-pyrrole nitrogens is 1. The zero-order valence-electron chi connectivity index (χ0n) is 17.0. The van der Waals surface area contributed by atoms with Crippen LogP contribution in [0.25, 0.3) is 22.4 Å². The first kappa shape index (κ1) is 20.3. The number of ether oxygens (including phenoxy) is 1. The molecule has 0 aliphatic carbocycles. The molecule has 4 aromatic rings. The molecule has 3 aromatic heterocycles. The molecule has 0 saturated carbocycles. The maximum absolute atomic E-state index is 13.9. The first-order chi connectivity index (χ1) is 15.4. The molecule has 0 bridgehead atoms. The van der Waals surface area contributed by atoms with Crippen LogP contribution in [-0.2, 0) is 13.0 Å². The number of aromatic nitrogens is 5. The molecule has 2 N–H and O–H groups in total. The maximum atomic E-state index is 13.9. The Morgan fingerprint density at radius 2 is 2.22 bits per heavy atom. The van der Waals surface area contributed by atoms with Crippen molar-refractivity contribution in [2.24, 2.45) is 5.92 Å². The third-order valence-electron chi connectivity index (χ3n) is 5.48. The lowest BCUT2D eigenvalue weighted by Crippen LogP contribution is -2.28. The van der Waals surface area contributed by atoms with Gasteiger partial charge in [0.1, 0.15) is 17.2 Å². The summed E-state index contributed by atoms with van der Waals surface area (Å²) in [6.45, 7) is 1.97. The topological polar surface area (TPSA) is 106 Å². The normalized spacial score (nSPS) is 16.6. The fourth-order valence-electron chi connectivity index (χ4n) is 4.00. The monoisotopic (exact) mass is 439 g/mol. The largest absolute Gasteiger partial charge is 0.493 e. The van der Waals surface area contributed by atoms with Gasteiger partial charge in [-0.25, -0.2) is 14.4 Å². The van der Waals surface area contributed by atoms with Gasteiger partial charge in [0.25, 0.3) is 0 Å². The molecule has 164 valence electrons. The van der Waals surface area contributed by atoms with Crippen molar-refractivity contribution >= 4 is 16.8 Å². The Kier molecular flexibility index (Phi) is 4.93. The predicted molar refractivity (Wildman–Crippen MR) is 110 cm³/mol.